The van der Waals surface area contributed by atoms with Gasteiger partial charge >= 0.3 is 0 Å². The third kappa shape index (κ3) is 5.57. The smallest absolute Gasteiger partial charge is 0.257 e. The Balaban J connectivity index is 1.68. The van der Waals surface area contributed by atoms with Gasteiger partial charge in [0.15, 0.2) is 6.61 Å². The van der Waals surface area contributed by atoms with E-state index < -0.39 is 0 Å². The Bertz CT molecular complexity index is 737. The first-order chi connectivity index (χ1) is 11.6. The van der Waals surface area contributed by atoms with E-state index in [1.165, 1.54) is 5.56 Å². The number of pyridine rings is 1. The number of benzene rings is 1. The van der Waals surface area contributed by atoms with Crippen LogP contribution >= 0.6 is 0 Å². The molecule has 0 saturated carbocycles. The summed E-state index contributed by atoms with van der Waals surface area (Å²) in [6, 6.07) is 11.2. The summed E-state index contributed by atoms with van der Waals surface area (Å²) in [7, 11) is 0. The van der Waals surface area contributed by atoms with Crippen molar-refractivity contribution >= 4 is 5.91 Å². The van der Waals surface area contributed by atoms with Crippen LogP contribution in [0.15, 0.2) is 47.4 Å². The van der Waals surface area contributed by atoms with E-state index in [0.29, 0.717) is 25.3 Å². The van der Waals surface area contributed by atoms with Gasteiger partial charge in [-0.2, -0.15) is 0 Å². The van der Waals surface area contributed by atoms with Gasteiger partial charge < -0.3 is 14.6 Å². The van der Waals surface area contributed by atoms with Gasteiger partial charge in [0, 0.05) is 25.4 Å². The Labute approximate surface area is 142 Å². The van der Waals surface area contributed by atoms with Crippen molar-refractivity contribution in [1.29, 1.82) is 0 Å². The van der Waals surface area contributed by atoms with Crippen LogP contribution in [0.5, 0.6) is 5.75 Å². The quantitative estimate of drug-likeness (QED) is 0.757. The van der Waals surface area contributed by atoms with Crippen LogP contribution in [0.1, 0.15) is 24.5 Å². The van der Waals surface area contributed by atoms with Gasteiger partial charge in [-0.1, -0.05) is 19.1 Å². The zero-order valence-electron chi connectivity index (χ0n) is 14.2. The molecule has 5 nitrogen and oxygen atoms in total. The van der Waals surface area contributed by atoms with E-state index in [0.717, 1.165) is 12.0 Å². The van der Waals surface area contributed by atoms with Gasteiger partial charge in [0.2, 0.25) is 0 Å². The van der Waals surface area contributed by atoms with Crippen LogP contribution in [-0.4, -0.2) is 23.6 Å². The summed E-state index contributed by atoms with van der Waals surface area (Å²) in [6.45, 7) is 5.06. The minimum Gasteiger partial charge on any atom is -0.484 e. The highest BCUT2D eigenvalue weighted by atomic mass is 16.5. The standard InChI is InChI=1S/C19H24N2O3/c1-3-16-6-4-7-17(13-16)24-14-18(22)20-9-5-10-21-11-8-15(2)12-19(21)23/h4,6-8,11-13H,3,5,9-10,14H2,1-2H3,(H,20,22). The molecule has 0 fully saturated rings. The number of aryl methyl sites for hydroxylation is 3. The Kier molecular flexibility index (Phi) is 6.61. The van der Waals surface area contributed by atoms with Crippen molar-refractivity contribution < 1.29 is 9.53 Å². The van der Waals surface area contributed by atoms with E-state index in [1.807, 2.05) is 37.3 Å². The van der Waals surface area contributed by atoms with E-state index >= 15 is 0 Å². The van der Waals surface area contributed by atoms with Gasteiger partial charge in [-0.3, -0.25) is 9.59 Å². The molecule has 1 N–H and O–H groups in total. The first-order valence-corrected chi connectivity index (χ1v) is 8.24. The average Bonchev–Trinajstić information content (AvgIpc) is 2.58. The predicted octanol–water partition coefficient (Wildman–Crippen LogP) is 2.30. The number of aromatic nitrogens is 1. The Morgan fingerprint density at radius 1 is 1.25 bits per heavy atom. The second-order valence-electron chi connectivity index (χ2n) is 5.73. The average molecular weight is 328 g/mol. The number of carbonyl (C=O) groups excluding carboxylic acids is 1. The number of amides is 1. The molecule has 5 heteroatoms. The van der Waals surface area contributed by atoms with E-state index in [1.54, 1.807) is 16.8 Å². The molecular weight excluding hydrogens is 304 g/mol. The van der Waals surface area contributed by atoms with E-state index in [2.05, 4.69) is 12.2 Å². The summed E-state index contributed by atoms with van der Waals surface area (Å²) in [6.07, 6.45) is 3.41. The van der Waals surface area contributed by atoms with Crippen molar-refractivity contribution in [1.82, 2.24) is 9.88 Å². The molecule has 0 atom stereocenters. The third-order valence-electron chi connectivity index (χ3n) is 3.73. The van der Waals surface area contributed by atoms with E-state index in [-0.39, 0.29) is 18.1 Å². The number of hydrogen-bond donors (Lipinski definition) is 1. The summed E-state index contributed by atoms with van der Waals surface area (Å²) in [5.74, 6) is 0.545. The molecule has 0 aliphatic rings. The van der Waals surface area contributed by atoms with Crippen LogP contribution < -0.4 is 15.6 Å². The highest BCUT2D eigenvalue weighted by molar-refractivity contribution is 5.77. The topological polar surface area (TPSA) is 60.3 Å². The zero-order chi connectivity index (χ0) is 17.4. The Hall–Kier alpha value is -2.56. The van der Waals surface area contributed by atoms with Crippen molar-refractivity contribution in [3.63, 3.8) is 0 Å². The minimum atomic E-state index is -0.159. The lowest BCUT2D eigenvalue weighted by atomic mass is 10.2. The second-order valence-corrected chi connectivity index (χ2v) is 5.73. The zero-order valence-corrected chi connectivity index (χ0v) is 14.2. The maximum atomic E-state index is 11.8. The molecule has 0 aliphatic carbocycles. The fraction of sp³-hybridized carbons (Fsp3) is 0.368. The molecule has 1 amide bonds. The normalized spacial score (nSPS) is 10.4. The van der Waals surface area contributed by atoms with Crippen molar-refractivity contribution in [2.24, 2.45) is 0 Å². The van der Waals surface area contributed by atoms with Gasteiger partial charge in [-0.25, -0.2) is 0 Å². The third-order valence-corrected chi connectivity index (χ3v) is 3.73. The summed E-state index contributed by atoms with van der Waals surface area (Å²) in [5, 5.41) is 2.80. The summed E-state index contributed by atoms with van der Waals surface area (Å²) >= 11 is 0. The summed E-state index contributed by atoms with van der Waals surface area (Å²) in [5.41, 5.74) is 2.12. The van der Waals surface area contributed by atoms with Gasteiger partial charge in [0.25, 0.3) is 11.5 Å². The van der Waals surface area contributed by atoms with Gasteiger partial charge in [0.05, 0.1) is 0 Å². The van der Waals surface area contributed by atoms with Crippen molar-refractivity contribution in [2.75, 3.05) is 13.2 Å². The van der Waals surface area contributed by atoms with Crippen LogP contribution in [0.3, 0.4) is 0 Å². The molecule has 1 heterocycles. The lowest BCUT2D eigenvalue weighted by molar-refractivity contribution is -0.123. The highest BCUT2D eigenvalue weighted by Crippen LogP contribution is 2.13. The Morgan fingerprint density at radius 3 is 2.83 bits per heavy atom. The van der Waals surface area contributed by atoms with Crippen LogP contribution in [0.2, 0.25) is 0 Å². The summed E-state index contributed by atoms with van der Waals surface area (Å²) < 4.78 is 7.14. The summed E-state index contributed by atoms with van der Waals surface area (Å²) in [4.78, 5) is 23.5. The first-order valence-electron chi connectivity index (χ1n) is 8.24. The van der Waals surface area contributed by atoms with Crippen molar-refractivity contribution in [3.05, 3.63) is 64.1 Å². The SMILES string of the molecule is CCc1cccc(OCC(=O)NCCCn2ccc(C)cc2=O)c1. The molecule has 1 aromatic carbocycles. The van der Waals surface area contributed by atoms with Crippen molar-refractivity contribution in [3.8, 4) is 5.75 Å². The second kappa shape index (κ2) is 8.91. The lowest BCUT2D eigenvalue weighted by Crippen LogP contribution is -2.31. The molecule has 2 rings (SSSR count). The lowest BCUT2D eigenvalue weighted by Gasteiger charge is -2.09. The van der Waals surface area contributed by atoms with E-state index in [4.69, 9.17) is 4.74 Å². The van der Waals surface area contributed by atoms with Crippen LogP contribution in [0, 0.1) is 6.92 Å². The minimum absolute atomic E-state index is 0.00233. The van der Waals surface area contributed by atoms with Crippen LogP contribution in [0.25, 0.3) is 0 Å². The molecule has 2 aromatic rings. The fourth-order valence-corrected chi connectivity index (χ4v) is 2.32. The number of ether oxygens (including phenoxy) is 1. The molecule has 0 unspecified atom stereocenters. The number of nitrogens with one attached hydrogen (secondary N) is 1. The van der Waals surface area contributed by atoms with Gasteiger partial charge in [-0.15, -0.1) is 0 Å². The molecule has 0 aliphatic heterocycles. The molecule has 0 radical (unpaired) electrons. The molecule has 0 bridgehead atoms. The monoisotopic (exact) mass is 328 g/mol. The maximum absolute atomic E-state index is 11.8. The fourth-order valence-electron chi connectivity index (χ4n) is 2.32. The van der Waals surface area contributed by atoms with Crippen molar-refractivity contribution in [2.45, 2.75) is 33.2 Å². The maximum Gasteiger partial charge on any atom is 0.257 e. The van der Waals surface area contributed by atoms with Crippen LogP contribution in [-0.2, 0) is 17.8 Å². The number of rotatable bonds is 8. The molecule has 1 aromatic heterocycles. The highest BCUT2D eigenvalue weighted by Gasteiger charge is 2.03. The van der Waals surface area contributed by atoms with Crippen LogP contribution in [0.4, 0.5) is 0 Å². The Morgan fingerprint density at radius 2 is 2.08 bits per heavy atom. The number of carbonyl (C=O) groups is 1. The largest absolute Gasteiger partial charge is 0.484 e. The van der Waals surface area contributed by atoms with Gasteiger partial charge in [-0.05, 0) is 49.1 Å². The predicted molar refractivity (Wildman–Crippen MR) is 94.4 cm³/mol. The molecular formula is C19H24N2O3. The van der Waals surface area contributed by atoms with Gasteiger partial charge in [0.1, 0.15) is 5.75 Å². The molecule has 24 heavy (non-hydrogen) atoms. The van der Waals surface area contributed by atoms with E-state index in [9.17, 15) is 9.59 Å². The molecule has 0 saturated heterocycles. The molecule has 128 valence electrons. The molecule has 0 spiro atoms. The number of nitrogens with zero attached hydrogens (tertiary/aromatic N) is 1. The first kappa shape index (κ1) is 17.8. The number of hydrogen-bond acceptors (Lipinski definition) is 3.